The third-order valence-corrected chi connectivity index (χ3v) is 4.94. The zero-order valence-corrected chi connectivity index (χ0v) is 12.7. The van der Waals surface area contributed by atoms with Crippen molar-refractivity contribution in [3.63, 3.8) is 0 Å². The quantitative estimate of drug-likeness (QED) is 0.887. The number of rotatable bonds is 3. The predicted octanol–water partition coefficient (Wildman–Crippen LogP) is 4.45. The second kappa shape index (κ2) is 6.15. The Hall–Kier alpha value is -0.730. The van der Waals surface area contributed by atoms with Crippen molar-refractivity contribution < 1.29 is 9.84 Å². The van der Waals surface area contributed by atoms with Gasteiger partial charge in [-0.15, -0.1) is 0 Å². The van der Waals surface area contributed by atoms with E-state index in [-0.39, 0.29) is 5.92 Å². The molecule has 1 aliphatic carbocycles. The van der Waals surface area contributed by atoms with E-state index >= 15 is 0 Å². The molecule has 2 nitrogen and oxygen atoms in total. The standard InChI is InChI=1S/C16H23ClO2/c1-10-7-8-12(9-11(10)2)16(18)15-13(17)5-4-6-14(15)19-3/h4-6,10-12,16,18H,7-9H2,1-3H3. The van der Waals surface area contributed by atoms with Crippen LogP contribution in [0.1, 0.15) is 44.8 Å². The van der Waals surface area contributed by atoms with Gasteiger partial charge in [-0.1, -0.05) is 37.9 Å². The summed E-state index contributed by atoms with van der Waals surface area (Å²) in [6.07, 6.45) is 2.76. The molecule has 4 atom stereocenters. The van der Waals surface area contributed by atoms with Gasteiger partial charge in [0.1, 0.15) is 5.75 Å². The number of halogens is 1. The zero-order chi connectivity index (χ0) is 14.0. The van der Waals surface area contributed by atoms with Gasteiger partial charge in [-0.05, 0) is 42.7 Å². The van der Waals surface area contributed by atoms with Crippen LogP contribution in [0.25, 0.3) is 0 Å². The van der Waals surface area contributed by atoms with Crippen molar-refractivity contribution in [1.29, 1.82) is 0 Å². The summed E-state index contributed by atoms with van der Waals surface area (Å²) in [5, 5.41) is 11.3. The maximum absolute atomic E-state index is 10.7. The second-order valence-electron chi connectivity index (χ2n) is 5.83. The lowest BCUT2D eigenvalue weighted by molar-refractivity contribution is 0.0544. The molecule has 0 saturated heterocycles. The molecule has 2 rings (SSSR count). The van der Waals surface area contributed by atoms with E-state index in [0.717, 1.165) is 24.3 Å². The number of ether oxygens (including phenoxy) is 1. The van der Waals surface area contributed by atoms with Gasteiger partial charge < -0.3 is 9.84 Å². The fraction of sp³-hybridized carbons (Fsp3) is 0.625. The molecule has 1 fully saturated rings. The van der Waals surface area contributed by atoms with Crippen LogP contribution in [0, 0.1) is 17.8 Å². The van der Waals surface area contributed by atoms with Crippen LogP contribution in [0.4, 0.5) is 0 Å². The van der Waals surface area contributed by atoms with Gasteiger partial charge in [0.15, 0.2) is 0 Å². The average molecular weight is 283 g/mol. The van der Waals surface area contributed by atoms with E-state index < -0.39 is 6.10 Å². The van der Waals surface area contributed by atoms with Crippen LogP contribution in [-0.2, 0) is 0 Å². The summed E-state index contributed by atoms with van der Waals surface area (Å²) in [7, 11) is 1.62. The van der Waals surface area contributed by atoms with E-state index in [1.54, 1.807) is 7.11 Å². The van der Waals surface area contributed by atoms with Crippen molar-refractivity contribution in [3.05, 3.63) is 28.8 Å². The summed E-state index contributed by atoms with van der Waals surface area (Å²) in [4.78, 5) is 0. The molecular weight excluding hydrogens is 260 g/mol. The van der Waals surface area contributed by atoms with Gasteiger partial charge in [-0.2, -0.15) is 0 Å². The van der Waals surface area contributed by atoms with E-state index in [2.05, 4.69) is 13.8 Å². The Bertz CT molecular complexity index is 433. The minimum atomic E-state index is -0.529. The molecular formula is C16H23ClO2. The number of hydrogen-bond acceptors (Lipinski definition) is 2. The summed E-state index contributed by atoms with van der Waals surface area (Å²) in [6.45, 7) is 4.57. The maximum atomic E-state index is 10.7. The molecule has 0 radical (unpaired) electrons. The van der Waals surface area contributed by atoms with Crippen LogP contribution >= 0.6 is 11.6 Å². The molecule has 3 heteroatoms. The fourth-order valence-corrected chi connectivity index (χ4v) is 3.37. The van der Waals surface area contributed by atoms with Crippen molar-refractivity contribution >= 4 is 11.6 Å². The summed E-state index contributed by atoms with van der Waals surface area (Å²) < 4.78 is 5.34. The average Bonchev–Trinajstić information content (AvgIpc) is 2.40. The van der Waals surface area contributed by atoms with Crippen molar-refractivity contribution in [2.45, 2.75) is 39.2 Å². The Kier molecular flexibility index (Phi) is 4.75. The molecule has 4 unspecified atom stereocenters. The third-order valence-electron chi connectivity index (χ3n) is 4.61. The van der Waals surface area contributed by atoms with Crippen LogP contribution in [0.15, 0.2) is 18.2 Å². The molecule has 1 N–H and O–H groups in total. The molecule has 1 aromatic rings. The smallest absolute Gasteiger partial charge is 0.126 e. The lowest BCUT2D eigenvalue weighted by atomic mass is 9.73. The first kappa shape index (κ1) is 14.7. The van der Waals surface area contributed by atoms with Gasteiger partial charge in [0.25, 0.3) is 0 Å². The molecule has 19 heavy (non-hydrogen) atoms. The van der Waals surface area contributed by atoms with Gasteiger partial charge in [-0.25, -0.2) is 0 Å². The monoisotopic (exact) mass is 282 g/mol. The summed E-state index contributed by atoms with van der Waals surface area (Å²) >= 11 is 6.25. The minimum absolute atomic E-state index is 0.278. The highest BCUT2D eigenvalue weighted by Gasteiger charge is 2.32. The highest BCUT2D eigenvalue weighted by Crippen LogP contribution is 2.43. The van der Waals surface area contributed by atoms with E-state index in [9.17, 15) is 5.11 Å². The Balaban J connectivity index is 2.22. The fourth-order valence-electron chi connectivity index (χ4n) is 3.09. The molecule has 1 aromatic carbocycles. The molecule has 106 valence electrons. The normalized spacial score (nSPS) is 29.0. The lowest BCUT2D eigenvalue weighted by Crippen LogP contribution is -2.25. The maximum Gasteiger partial charge on any atom is 0.126 e. The molecule has 0 bridgehead atoms. The van der Waals surface area contributed by atoms with Crippen LogP contribution in [0.5, 0.6) is 5.75 Å². The number of aliphatic hydroxyl groups is 1. The van der Waals surface area contributed by atoms with Crippen LogP contribution in [0.3, 0.4) is 0 Å². The van der Waals surface area contributed by atoms with E-state index in [4.69, 9.17) is 16.3 Å². The SMILES string of the molecule is COc1cccc(Cl)c1C(O)C1CCC(C)C(C)C1. The highest BCUT2D eigenvalue weighted by molar-refractivity contribution is 6.31. The van der Waals surface area contributed by atoms with Gasteiger partial charge in [0.05, 0.1) is 18.2 Å². The molecule has 0 heterocycles. The van der Waals surface area contributed by atoms with Crippen molar-refractivity contribution in [2.75, 3.05) is 7.11 Å². The summed E-state index contributed by atoms with van der Waals surface area (Å²) in [5.74, 6) is 2.37. The molecule has 0 aromatic heterocycles. The molecule has 0 spiro atoms. The van der Waals surface area contributed by atoms with Gasteiger partial charge in [0, 0.05) is 5.56 Å². The largest absolute Gasteiger partial charge is 0.496 e. The first-order valence-corrected chi connectivity index (χ1v) is 7.42. The second-order valence-corrected chi connectivity index (χ2v) is 6.24. The molecule has 0 aliphatic heterocycles. The van der Waals surface area contributed by atoms with E-state index in [0.29, 0.717) is 16.7 Å². The molecule has 1 saturated carbocycles. The highest BCUT2D eigenvalue weighted by atomic mass is 35.5. The number of benzene rings is 1. The van der Waals surface area contributed by atoms with Gasteiger partial charge in [0.2, 0.25) is 0 Å². The Morgan fingerprint density at radius 2 is 2.00 bits per heavy atom. The summed E-state index contributed by atoms with van der Waals surface area (Å²) in [6, 6.07) is 5.53. The van der Waals surface area contributed by atoms with Crippen molar-refractivity contribution in [2.24, 2.45) is 17.8 Å². The van der Waals surface area contributed by atoms with Crippen LogP contribution in [-0.4, -0.2) is 12.2 Å². The lowest BCUT2D eigenvalue weighted by Gasteiger charge is -2.35. The van der Waals surface area contributed by atoms with E-state index in [1.165, 1.54) is 6.42 Å². The Morgan fingerprint density at radius 3 is 2.63 bits per heavy atom. The third kappa shape index (κ3) is 3.06. The van der Waals surface area contributed by atoms with Gasteiger partial charge in [-0.3, -0.25) is 0 Å². The van der Waals surface area contributed by atoms with Gasteiger partial charge >= 0.3 is 0 Å². The first-order valence-electron chi connectivity index (χ1n) is 7.05. The van der Waals surface area contributed by atoms with Crippen molar-refractivity contribution in [1.82, 2.24) is 0 Å². The minimum Gasteiger partial charge on any atom is -0.496 e. The number of hydrogen-bond donors (Lipinski definition) is 1. The topological polar surface area (TPSA) is 29.5 Å². The zero-order valence-electron chi connectivity index (χ0n) is 11.9. The number of methoxy groups -OCH3 is 1. The predicted molar refractivity (Wildman–Crippen MR) is 78.6 cm³/mol. The van der Waals surface area contributed by atoms with E-state index in [1.807, 2.05) is 18.2 Å². The summed E-state index contributed by atoms with van der Waals surface area (Å²) in [5.41, 5.74) is 0.749. The van der Waals surface area contributed by atoms with Crippen LogP contribution in [0.2, 0.25) is 5.02 Å². The molecule has 1 aliphatic rings. The van der Waals surface area contributed by atoms with Crippen LogP contribution < -0.4 is 4.74 Å². The first-order chi connectivity index (χ1) is 9.04. The number of aliphatic hydroxyl groups excluding tert-OH is 1. The van der Waals surface area contributed by atoms with Crippen molar-refractivity contribution in [3.8, 4) is 5.75 Å². The molecule has 0 amide bonds. The Labute approximate surface area is 120 Å². The Morgan fingerprint density at radius 1 is 1.26 bits per heavy atom.